The molecule has 1 saturated heterocycles. The summed E-state index contributed by atoms with van der Waals surface area (Å²) in [7, 11) is 0. The Morgan fingerprint density at radius 3 is 2.40 bits per heavy atom. The molecule has 0 aliphatic carbocycles. The van der Waals surface area contributed by atoms with Gasteiger partial charge >= 0.3 is 6.03 Å². The van der Waals surface area contributed by atoms with Crippen molar-refractivity contribution in [3.8, 4) is 11.3 Å². The fourth-order valence-corrected chi connectivity index (χ4v) is 3.30. The van der Waals surface area contributed by atoms with Crippen LogP contribution < -0.4 is 5.32 Å². The van der Waals surface area contributed by atoms with Gasteiger partial charge in [0.1, 0.15) is 17.1 Å². The Balaban J connectivity index is 1.61. The molecule has 30 heavy (non-hydrogen) atoms. The number of hydrogen-bond donors (Lipinski definition) is 1. The molecule has 2 heterocycles. The number of urea groups is 1. The fraction of sp³-hybridized carbons (Fsp3) is 0.0455. The van der Waals surface area contributed by atoms with Gasteiger partial charge in [-0.25, -0.2) is 4.79 Å². The number of hydrogen-bond acceptors (Lipinski definition) is 4. The molecule has 6 nitrogen and oxygen atoms in total. The molecule has 0 atom stereocenters. The lowest BCUT2D eigenvalue weighted by atomic mass is 10.1. The maximum atomic E-state index is 12.9. The Morgan fingerprint density at radius 2 is 1.67 bits per heavy atom. The summed E-state index contributed by atoms with van der Waals surface area (Å²) < 4.78 is 5.73. The largest absolute Gasteiger partial charge is 0.457 e. The molecule has 1 aliphatic rings. The Hall–Kier alpha value is -3.35. The zero-order valence-corrected chi connectivity index (χ0v) is 16.9. The zero-order chi connectivity index (χ0) is 21.3. The van der Waals surface area contributed by atoms with Gasteiger partial charge in [0, 0.05) is 15.6 Å². The predicted molar refractivity (Wildman–Crippen MR) is 113 cm³/mol. The molecule has 4 rings (SSSR count). The van der Waals surface area contributed by atoms with Gasteiger partial charge < -0.3 is 4.42 Å². The average molecular weight is 441 g/mol. The number of benzene rings is 2. The van der Waals surface area contributed by atoms with Crippen molar-refractivity contribution in [2.24, 2.45) is 0 Å². The van der Waals surface area contributed by atoms with Gasteiger partial charge in [-0.15, -0.1) is 0 Å². The van der Waals surface area contributed by atoms with Gasteiger partial charge in [-0.05, 0) is 54.1 Å². The highest BCUT2D eigenvalue weighted by Gasteiger charge is 2.36. The van der Waals surface area contributed by atoms with Gasteiger partial charge in [0.25, 0.3) is 11.8 Å². The number of amides is 4. The molecule has 2 aromatic carbocycles. The van der Waals surface area contributed by atoms with Gasteiger partial charge in [0.05, 0.1) is 6.54 Å². The summed E-state index contributed by atoms with van der Waals surface area (Å²) in [6.07, 6.45) is 1.31. The number of halogens is 2. The Labute approximate surface area is 181 Å². The van der Waals surface area contributed by atoms with E-state index in [0.717, 1.165) is 10.5 Å². The molecule has 1 aromatic heterocycles. The minimum Gasteiger partial charge on any atom is -0.457 e. The summed E-state index contributed by atoms with van der Waals surface area (Å²) in [5.74, 6) is -0.672. The first kappa shape index (κ1) is 19.9. The Bertz CT molecular complexity index is 1180. The van der Waals surface area contributed by atoms with Crippen LogP contribution in [0.2, 0.25) is 10.0 Å². The number of carbonyl (C=O) groups is 3. The maximum Gasteiger partial charge on any atom is 0.331 e. The van der Waals surface area contributed by atoms with E-state index >= 15 is 0 Å². The highest BCUT2D eigenvalue weighted by molar-refractivity contribution is 6.32. The summed E-state index contributed by atoms with van der Waals surface area (Å²) in [6.45, 7) is -0.0663. The molecule has 0 saturated carbocycles. The highest BCUT2D eigenvalue weighted by Crippen LogP contribution is 2.26. The minimum atomic E-state index is -0.802. The maximum absolute atomic E-state index is 12.9. The first-order valence-electron chi connectivity index (χ1n) is 8.90. The lowest BCUT2D eigenvalue weighted by Crippen LogP contribution is -2.53. The molecular formula is C22H14Cl2N2O4. The second-order valence-electron chi connectivity index (χ2n) is 6.51. The molecule has 0 radical (unpaired) electrons. The van der Waals surface area contributed by atoms with Crippen molar-refractivity contribution in [1.29, 1.82) is 0 Å². The van der Waals surface area contributed by atoms with E-state index in [2.05, 4.69) is 5.32 Å². The summed E-state index contributed by atoms with van der Waals surface area (Å²) in [5, 5.41) is 3.19. The topological polar surface area (TPSA) is 79.6 Å². The van der Waals surface area contributed by atoms with Crippen LogP contribution in [0.1, 0.15) is 11.3 Å². The number of furan rings is 1. The van der Waals surface area contributed by atoms with E-state index in [1.807, 2.05) is 0 Å². The van der Waals surface area contributed by atoms with Gasteiger partial charge in [-0.1, -0.05) is 41.4 Å². The third-order valence-corrected chi connectivity index (χ3v) is 5.13. The van der Waals surface area contributed by atoms with E-state index in [4.69, 9.17) is 27.6 Å². The van der Waals surface area contributed by atoms with Crippen LogP contribution in [0.25, 0.3) is 17.4 Å². The number of nitrogens with one attached hydrogen (secondary N) is 1. The van der Waals surface area contributed by atoms with Crippen LogP contribution in [0.4, 0.5) is 4.79 Å². The van der Waals surface area contributed by atoms with Crippen molar-refractivity contribution >= 4 is 47.1 Å². The van der Waals surface area contributed by atoms with E-state index in [-0.39, 0.29) is 12.1 Å². The number of imide groups is 2. The summed E-state index contributed by atoms with van der Waals surface area (Å²) >= 11 is 12.0. The molecule has 4 amide bonds. The van der Waals surface area contributed by atoms with Crippen molar-refractivity contribution in [1.82, 2.24) is 10.2 Å². The first-order valence-corrected chi connectivity index (χ1v) is 9.66. The summed E-state index contributed by atoms with van der Waals surface area (Å²) in [5.41, 5.74) is 1.16. The minimum absolute atomic E-state index is 0.0663. The lowest BCUT2D eigenvalue weighted by Gasteiger charge is -2.26. The van der Waals surface area contributed by atoms with Crippen LogP contribution in [-0.4, -0.2) is 22.7 Å². The SMILES string of the molecule is O=C1NC(=O)N(Cc2ccccc2Cl)C(=O)/C1=C/c1ccc(-c2ccc(Cl)cc2)o1. The second kappa shape index (κ2) is 8.18. The van der Waals surface area contributed by atoms with Gasteiger partial charge in [0.2, 0.25) is 0 Å². The Kier molecular flexibility index (Phi) is 5.44. The molecule has 8 heteroatoms. The molecule has 150 valence electrons. The van der Waals surface area contributed by atoms with E-state index < -0.39 is 17.8 Å². The molecular weight excluding hydrogens is 427 g/mol. The smallest absolute Gasteiger partial charge is 0.331 e. The van der Waals surface area contributed by atoms with Crippen molar-refractivity contribution < 1.29 is 18.8 Å². The molecule has 3 aromatic rings. The van der Waals surface area contributed by atoms with E-state index in [0.29, 0.717) is 27.1 Å². The third-order valence-electron chi connectivity index (χ3n) is 4.51. The van der Waals surface area contributed by atoms with Crippen molar-refractivity contribution in [2.45, 2.75) is 6.54 Å². The first-order chi connectivity index (χ1) is 14.4. The second-order valence-corrected chi connectivity index (χ2v) is 7.35. The van der Waals surface area contributed by atoms with Gasteiger partial charge in [-0.3, -0.25) is 19.8 Å². The predicted octanol–water partition coefficient (Wildman–Crippen LogP) is 4.92. The van der Waals surface area contributed by atoms with Crippen molar-refractivity contribution in [3.63, 3.8) is 0 Å². The molecule has 1 fully saturated rings. The number of nitrogens with zero attached hydrogens (tertiary/aromatic N) is 1. The zero-order valence-electron chi connectivity index (χ0n) is 15.4. The van der Waals surface area contributed by atoms with Crippen LogP contribution in [-0.2, 0) is 16.1 Å². The molecule has 0 bridgehead atoms. The lowest BCUT2D eigenvalue weighted by molar-refractivity contribution is -0.130. The normalized spacial score (nSPS) is 15.6. The molecule has 0 spiro atoms. The molecule has 1 aliphatic heterocycles. The summed E-state index contributed by atoms with van der Waals surface area (Å²) in [6, 6.07) is 16.4. The standard InChI is InChI=1S/C22H14Cl2N2O4/c23-15-7-5-13(6-8-15)19-10-9-16(30-19)11-17-20(27)25-22(29)26(21(17)28)12-14-3-1-2-4-18(14)24/h1-11H,12H2,(H,25,27,29)/b17-11+. The monoisotopic (exact) mass is 440 g/mol. The molecule has 1 N–H and O–H groups in total. The van der Waals surface area contributed by atoms with E-state index in [1.54, 1.807) is 60.7 Å². The van der Waals surface area contributed by atoms with E-state index in [9.17, 15) is 14.4 Å². The van der Waals surface area contributed by atoms with Gasteiger partial charge in [-0.2, -0.15) is 0 Å². The highest BCUT2D eigenvalue weighted by atomic mass is 35.5. The van der Waals surface area contributed by atoms with Crippen LogP contribution in [0.15, 0.2) is 70.7 Å². The van der Waals surface area contributed by atoms with Gasteiger partial charge in [0.15, 0.2) is 0 Å². The third kappa shape index (κ3) is 4.01. The number of rotatable bonds is 4. The average Bonchev–Trinajstić information content (AvgIpc) is 3.19. The number of carbonyl (C=O) groups excluding carboxylic acids is 3. The quantitative estimate of drug-likeness (QED) is 0.461. The summed E-state index contributed by atoms with van der Waals surface area (Å²) in [4.78, 5) is 38.3. The van der Waals surface area contributed by atoms with Crippen molar-refractivity contribution in [3.05, 3.63) is 87.6 Å². The molecule has 0 unspecified atom stereocenters. The van der Waals surface area contributed by atoms with Crippen LogP contribution >= 0.6 is 23.2 Å². The van der Waals surface area contributed by atoms with Crippen LogP contribution in [0.5, 0.6) is 0 Å². The van der Waals surface area contributed by atoms with Crippen molar-refractivity contribution in [2.75, 3.05) is 0 Å². The van der Waals surface area contributed by atoms with Crippen LogP contribution in [0, 0.1) is 0 Å². The Morgan fingerprint density at radius 1 is 0.933 bits per heavy atom. The van der Waals surface area contributed by atoms with Crippen LogP contribution in [0.3, 0.4) is 0 Å². The number of barbiturate groups is 1. The van der Waals surface area contributed by atoms with E-state index in [1.165, 1.54) is 6.08 Å². The fourth-order valence-electron chi connectivity index (χ4n) is 2.98.